The Bertz CT molecular complexity index is 414. The van der Waals surface area contributed by atoms with Crippen LogP contribution < -0.4 is 11.1 Å². The van der Waals surface area contributed by atoms with Gasteiger partial charge >= 0.3 is 0 Å². The van der Waals surface area contributed by atoms with Gasteiger partial charge in [0, 0.05) is 5.69 Å². The molecule has 0 unspecified atom stereocenters. The van der Waals surface area contributed by atoms with Crippen LogP contribution in [-0.4, -0.2) is 17.3 Å². The molecule has 2 rings (SSSR count). The second-order valence-corrected chi connectivity index (χ2v) is 5.37. The summed E-state index contributed by atoms with van der Waals surface area (Å²) in [6, 6.07) is 3.71. The summed E-state index contributed by atoms with van der Waals surface area (Å²) in [5.74, 6) is 0. The fourth-order valence-corrected chi connectivity index (χ4v) is 2.66. The number of rotatable bonds is 3. The molecule has 0 atom stereocenters. The molecule has 17 heavy (non-hydrogen) atoms. The summed E-state index contributed by atoms with van der Waals surface area (Å²) in [6.07, 6.45) is 4.33. The number of nitrogens with one attached hydrogen (secondary N) is 1. The lowest BCUT2D eigenvalue weighted by Crippen LogP contribution is -2.39. The Morgan fingerprint density at radius 2 is 2.06 bits per heavy atom. The Kier molecular flexibility index (Phi) is 3.50. The number of halogens is 1. The Morgan fingerprint density at radius 1 is 1.41 bits per heavy atom. The molecule has 94 valence electrons. The predicted octanol–water partition coefficient (Wildman–Crippen LogP) is 2.95. The average Bonchev–Trinajstić information content (AvgIpc) is 2.75. The molecule has 4 N–H and O–H groups in total. The number of anilines is 2. The van der Waals surface area contributed by atoms with Gasteiger partial charge in [-0.2, -0.15) is 0 Å². The summed E-state index contributed by atoms with van der Waals surface area (Å²) in [7, 11) is 0. The van der Waals surface area contributed by atoms with Crippen molar-refractivity contribution in [2.24, 2.45) is 0 Å². The van der Waals surface area contributed by atoms with Gasteiger partial charge in [-0.25, -0.2) is 0 Å². The maximum atomic E-state index is 9.57. The highest BCUT2D eigenvalue weighted by Crippen LogP contribution is 2.35. The van der Waals surface area contributed by atoms with Crippen LogP contribution in [0.4, 0.5) is 11.4 Å². The number of benzene rings is 1. The van der Waals surface area contributed by atoms with E-state index >= 15 is 0 Å². The molecule has 0 amide bonds. The van der Waals surface area contributed by atoms with E-state index in [4.69, 9.17) is 17.3 Å². The first kappa shape index (κ1) is 12.5. The van der Waals surface area contributed by atoms with Gasteiger partial charge < -0.3 is 16.2 Å². The lowest BCUT2D eigenvalue weighted by atomic mass is 9.97. The van der Waals surface area contributed by atoms with Crippen LogP contribution in [0.15, 0.2) is 12.1 Å². The number of aliphatic hydroxyl groups excluding tert-OH is 1. The van der Waals surface area contributed by atoms with Gasteiger partial charge in [-0.1, -0.05) is 24.4 Å². The molecule has 0 aromatic heterocycles. The predicted molar refractivity (Wildman–Crippen MR) is 72.5 cm³/mol. The fourth-order valence-electron chi connectivity index (χ4n) is 2.50. The lowest BCUT2D eigenvalue weighted by Gasteiger charge is -2.30. The number of aliphatic hydroxyl groups is 1. The third kappa shape index (κ3) is 2.50. The average molecular weight is 255 g/mol. The van der Waals surface area contributed by atoms with Gasteiger partial charge in [-0.15, -0.1) is 0 Å². The largest absolute Gasteiger partial charge is 0.398 e. The van der Waals surface area contributed by atoms with Crippen molar-refractivity contribution in [1.29, 1.82) is 0 Å². The topological polar surface area (TPSA) is 58.3 Å². The molecule has 4 heteroatoms. The van der Waals surface area contributed by atoms with Crippen molar-refractivity contribution in [3.8, 4) is 0 Å². The van der Waals surface area contributed by atoms with Crippen LogP contribution in [0.1, 0.15) is 31.2 Å². The molecular weight excluding hydrogens is 236 g/mol. The molecule has 0 aliphatic heterocycles. The molecular formula is C13H19ClN2O. The summed E-state index contributed by atoms with van der Waals surface area (Å²) in [5.41, 5.74) is 8.21. The van der Waals surface area contributed by atoms with Crippen LogP contribution in [0, 0.1) is 6.92 Å². The molecule has 0 spiro atoms. The van der Waals surface area contributed by atoms with E-state index in [0.29, 0.717) is 10.7 Å². The van der Waals surface area contributed by atoms with Crippen molar-refractivity contribution in [1.82, 2.24) is 0 Å². The van der Waals surface area contributed by atoms with Crippen LogP contribution >= 0.6 is 11.6 Å². The zero-order valence-electron chi connectivity index (χ0n) is 10.1. The number of hydrogen-bond donors (Lipinski definition) is 3. The number of nitrogens with two attached hydrogens (primary N) is 1. The number of nitrogen functional groups attached to an aromatic ring is 1. The molecule has 0 saturated heterocycles. The van der Waals surface area contributed by atoms with Crippen LogP contribution in [0.5, 0.6) is 0 Å². The first-order valence-corrected chi connectivity index (χ1v) is 6.39. The highest BCUT2D eigenvalue weighted by Gasteiger charge is 2.33. The van der Waals surface area contributed by atoms with E-state index in [9.17, 15) is 5.11 Å². The molecule has 1 fully saturated rings. The standard InChI is InChI=1S/C13H19ClN2O/c1-9-6-11(15)10(14)7-12(9)16-13(8-17)4-2-3-5-13/h6-7,16-17H,2-5,8,15H2,1H3. The number of hydrogen-bond acceptors (Lipinski definition) is 3. The molecule has 0 radical (unpaired) electrons. The third-order valence-corrected chi connectivity index (χ3v) is 3.93. The van der Waals surface area contributed by atoms with Crippen molar-refractivity contribution in [2.45, 2.75) is 38.1 Å². The lowest BCUT2D eigenvalue weighted by molar-refractivity contribution is 0.214. The van der Waals surface area contributed by atoms with Gasteiger partial charge in [-0.05, 0) is 37.5 Å². The summed E-state index contributed by atoms with van der Waals surface area (Å²) in [4.78, 5) is 0. The van der Waals surface area contributed by atoms with Crippen LogP contribution in [0.25, 0.3) is 0 Å². The van der Waals surface area contributed by atoms with Crippen molar-refractivity contribution >= 4 is 23.0 Å². The number of aryl methyl sites for hydroxylation is 1. The zero-order chi connectivity index (χ0) is 12.5. The van der Waals surface area contributed by atoms with Crippen LogP contribution in [0.2, 0.25) is 5.02 Å². The zero-order valence-corrected chi connectivity index (χ0v) is 10.8. The Labute approximate surface area is 107 Å². The van der Waals surface area contributed by atoms with Crippen molar-refractivity contribution < 1.29 is 5.11 Å². The highest BCUT2D eigenvalue weighted by atomic mass is 35.5. The minimum Gasteiger partial charge on any atom is -0.398 e. The van der Waals surface area contributed by atoms with Crippen LogP contribution in [0.3, 0.4) is 0 Å². The minimum absolute atomic E-state index is 0.161. The second-order valence-electron chi connectivity index (χ2n) is 4.96. The quantitative estimate of drug-likeness (QED) is 0.727. The monoisotopic (exact) mass is 254 g/mol. The summed E-state index contributed by atoms with van der Waals surface area (Å²) < 4.78 is 0. The van der Waals surface area contributed by atoms with Crippen molar-refractivity contribution in [3.63, 3.8) is 0 Å². The first-order valence-electron chi connectivity index (χ1n) is 6.01. The van der Waals surface area contributed by atoms with Crippen molar-refractivity contribution in [3.05, 3.63) is 22.7 Å². The molecule has 1 aliphatic rings. The van der Waals surface area contributed by atoms with Gasteiger partial charge in [0.2, 0.25) is 0 Å². The molecule has 1 saturated carbocycles. The third-order valence-electron chi connectivity index (χ3n) is 3.61. The van der Waals surface area contributed by atoms with Gasteiger partial charge in [0.25, 0.3) is 0 Å². The molecule has 0 heterocycles. The second kappa shape index (κ2) is 4.75. The Morgan fingerprint density at radius 3 is 2.65 bits per heavy atom. The van der Waals surface area contributed by atoms with E-state index < -0.39 is 0 Å². The fraction of sp³-hybridized carbons (Fsp3) is 0.538. The summed E-state index contributed by atoms with van der Waals surface area (Å²) in [5, 5.41) is 13.6. The summed E-state index contributed by atoms with van der Waals surface area (Å²) in [6.45, 7) is 2.16. The Hall–Kier alpha value is -0.930. The van der Waals surface area contributed by atoms with E-state index in [2.05, 4.69) is 5.32 Å². The highest BCUT2D eigenvalue weighted by molar-refractivity contribution is 6.33. The first-order chi connectivity index (χ1) is 8.06. The minimum atomic E-state index is -0.176. The molecule has 3 nitrogen and oxygen atoms in total. The van der Waals surface area contributed by atoms with Gasteiger partial charge in [0.05, 0.1) is 22.9 Å². The van der Waals surface area contributed by atoms with Gasteiger partial charge in [0.1, 0.15) is 0 Å². The van der Waals surface area contributed by atoms with Crippen molar-refractivity contribution in [2.75, 3.05) is 17.7 Å². The van der Waals surface area contributed by atoms with Gasteiger partial charge in [-0.3, -0.25) is 0 Å². The molecule has 0 bridgehead atoms. The summed E-state index contributed by atoms with van der Waals surface area (Å²) >= 11 is 6.03. The van der Waals surface area contributed by atoms with Crippen LogP contribution in [-0.2, 0) is 0 Å². The van der Waals surface area contributed by atoms with E-state index in [1.54, 1.807) is 0 Å². The molecule has 1 aromatic carbocycles. The molecule has 1 aromatic rings. The van der Waals surface area contributed by atoms with E-state index in [-0.39, 0.29) is 12.1 Å². The molecule has 1 aliphatic carbocycles. The van der Waals surface area contributed by atoms with E-state index in [1.807, 2.05) is 19.1 Å². The normalized spacial score (nSPS) is 18.3. The SMILES string of the molecule is Cc1cc(N)c(Cl)cc1NC1(CO)CCCC1. The Balaban J connectivity index is 2.26. The van der Waals surface area contributed by atoms with E-state index in [1.165, 1.54) is 0 Å². The maximum Gasteiger partial charge on any atom is 0.0661 e. The van der Waals surface area contributed by atoms with Gasteiger partial charge in [0.15, 0.2) is 0 Å². The smallest absolute Gasteiger partial charge is 0.0661 e. The van der Waals surface area contributed by atoms with E-state index in [0.717, 1.165) is 36.9 Å². The maximum absolute atomic E-state index is 9.57.